The molecule has 2 saturated heterocycles. The van der Waals surface area contributed by atoms with Gasteiger partial charge in [-0.2, -0.15) is 0 Å². The zero-order valence-corrected chi connectivity index (χ0v) is 20.8. The topological polar surface area (TPSA) is 48.0 Å². The molecule has 4 atom stereocenters. The normalized spacial score (nSPS) is 31.0. The summed E-state index contributed by atoms with van der Waals surface area (Å²) in [5.74, 6) is 1.41. The largest absolute Gasteiger partial charge is 0.497 e. The monoisotopic (exact) mass is 443 g/mol. The molecule has 2 fully saturated rings. The van der Waals surface area contributed by atoms with Crippen LogP contribution in [-0.4, -0.2) is 58.0 Å². The van der Waals surface area contributed by atoms with Gasteiger partial charge in [0.2, 0.25) is 0 Å². The minimum atomic E-state index is -1.86. The van der Waals surface area contributed by atoms with E-state index < -0.39 is 8.32 Å². The van der Waals surface area contributed by atoms with Crippen LogP contribution in [0.5, 0.6) is 5.75 Å². The van der Waals surface area contributed by atoms with E-state index in [2.05, 4.69) is 57.0 Å². The maximum Gasteiger partial charge on any atom is 0.192 e. The molecule has 2 aliphatic heterocycles. The average molecular weight is 444 g/mol. The summed E-state index contributed by atoms with van der Waals surface area (Å²) in [5.41, 5.74) is 1.19. The van der Waals surface area contributed by atoms with Crippen molar-refractivity contribution in [2.75, 3.05) is 26.9 Å². The van der Waals surface area contributed by atoms with Crippen LogP contribution in [0.15, 0.2) is 36.4 Å². The van der Waals surface area contributed by atoms with E-state index in [9.17, 15) is 4.79 Å². The molecular weight excluding hydrogens is 406 g/mol. The number of ether oxygens (including phenoxy) is 2. The molecule has 0 N–H and O–H groups in total. The van der Waals surface area contributed by atoms with Crippen LogP contribution < -0.4 is 4.74 Å². The first kappa shape index (κ1) is 22.7. The summed E-state index contributed by atoms with van der Waals surface area (Å²) >= 11 is 0. The summed E-state index contributed by atoms with van der Waals surface area (Å²) in [7, 11) is -0.168. The van der Waals surface area contributed by atoms with Crippen LogP contribution in [-0.2, 0) is 20.5 Å². The van der Waals surface area contributed by atoms with Gasteiger partial charge in [0.15, 0.2) is 14.1 Å². The number of allylic oxidation sites excluding steroid dienone is 1. The molecule has 0 bridgehead atoms. The lowest BCUT2D eigenvalue weighted by molar-refractivity contribution is -0.118. The van der Waals surface area contributed by atoms with Crippen LogP contribution in [0.2, 0.25) is 18.1 Å². The van der Waals surface area contributed by atoms with Gasteiger partial charge in [0, 0.05) is 43.5 Å². The molecular formula is C25H37NO4Si. The Balaban J connectivity index is 1.59. The zero-order valence-electron chi connectivity index (χ0n) is 19.8. The van der Waals surface area contributed by atoms with Gasteiger partial charge in [0.25, 0.3) is 0 Å². The number of likely N-dealkylation sites (tertiary alicyclic amines) is 1. The van der Waals surface area contributed by atoms with Crippen LogP contribution in [0.25, 0.3) is 0 Å². The molecule has 0 amide bonds. The zero-order chi connectivity index (χ0) is 22.4. The van der Waals surface area contributed by atoms with Crippen molar-refractivity contribution in [3.8, 4) is 5.75 Å². The van der Waals surface area contributed by atoms with Crippen molar-refractivity contribution in [1.29, 1.82) is 0 Å². The molecule has 1 aromatic rings. The standard InChI is InChI=1S/C25H37NO4Si/c1-24(2,3)31(5,6)30-16-22-21-15-29-23-13-19(27)11-12-25(21,23)17-26(22)14-18-7-9-20(28-4)10-8-18/h7-12,21-23H,13-17H2,1-6H3/t21-,22-,23?,25-/m1/s1. The summed E-state index contributed by atoms with van der Waals surface area (Å²) in [5, 5.41) is 0.177. The number of ketones is 1. The molecule has 3 aliphatic rings. The van der Waals surface area contributed by atoms with E-state index in [0.717, 1.165) is 25.4 Å². The molecule has 0 saturated carbocycles. The SMILES string of the molecule is COc1ccc(CN2C[C@@]34C=CC(=O)CC3OC[C@@H]4[C@H]2CO[Si](C)(C)C(C)(C)C)cc1. The summed E-state index contributed by atoms with van der Waals surface area (Å²) in [6, 6.07) is 8.61. The minimum absolute atomic E-state index is 0.00811. The lowest BCUT2D eigenvalue weighted by Crippen LogP contribution is -2.46. The minimum Gasteiger partial charge on any atom is -0.497 e. The van der Waals surface area contributed by atoms with Gasteiger partial charge in [-0.1, -0.05) is 39.0 Å². The molecule has 1 spiro atoms. The van der Waals surface area contributed by atoms with E-state index in [0.29, 0.717) is 18.9 Å². The molecule has 31 heavy (non-hydrogen) atoms. The van der Waals surface area contributed by atoms with Crippen molar-refractivity contribution >= 4 is 14.1 Å². The van der Waals surface area contributed by atoms with E-state index in [1.165, 1.54) is 5.56 Å². The third-order valence-corrected chi connectivity index (χ3v) is 12.6. The van der Waals surface area contributed by atoms with Crippen molar-refractivity contribution in [2.45, 2.75) is 64.0 Å². The van der Waals surface area contributed by atoms with Gasteiger partial charge in [-0.05, 0) is 41.9 Å². The predicted octanol–water partition coefficient (Wildman–Crippen LogP) is 4.43. The average Bonchev–Trinajstić information content (AvgIpc) is 3.19. The van der Waals surface area contributed by atoms with Gasteiger partial charge in [0.1, 0.15) is 5.75 Å². The van der Waals surface area contributed by atoms with Crippen molar-refractivity contribution < 1.29 is 18.7 Å². The van der Waals surface area contributed by atoms with Gasteiger partial charge >= 0.3 is 0 Å². The maximum absolute atomic E-state index is 12.1. The number of benzene rings is 1. The quantitative estimate of drug-likeness (QED) is 0.609. The molecule has 5 nitrogen and oxygen atoms in total. The highest BCUT2D eigenvalue weighted by atomic mass is 28.4. The maximum atomic E-state index is 12.1. The van der Waals surface area contributed by atoms with E-state index in [1.54, 1.807) is 13.2 Å². The Bertz CT molecular complexity index is 844. The Labute approximate surface area is 187 Å². The van der Waals surface area contributed by atoms with Crippen molar-refractivity contribution in [2.24, 2.45) is 11.3 Å². The fourth-order valence-electron chi connectivity index (χ4n) is 5.08. The van der Waals surface area contributed by atoms with E-state index in [4.69, 9.17) is 13.9 Å². The Morgan fingerprint density at radius 1 is 1.23 bits per heavy atom. The first-order valence-electron chi connectivity index (χ1n) is 11.4. The number of carbonyl (C=O) groups is 1. The highest BCUT2D eigenvalue weighted by Crippen LogP contribution is 2.53. The number of hydrogen-bond acceptors (Lipinski definition) is 5. The summed E-state index contributed by atoms with van der Waals surface area (Å²) < 4.78 is 18.2. The van der Waals surface area contributed by atoms with Crippen LogP contribution in [0, 0.1) is 11.3 Å². The molecule has 2 heterocycles. The third-order valence-electron chi connectivity index (χ3n) is 8.11. The predicted molar refractivity (Wildman–Crippen MR) is 125 cm³/mol. The summed E-state index contributed by atoms with van der Waals surface area (Å²) in [6.45, 7) is 14.7. The van der Waals surface area contributed by atoms with Gasteiger partial charge in [-0.3, -0.25) is 9.69 Å². The van der Waals surface area contributed by atoms with Gasteiger partial charge in [-0.15, -0.1) is 0 Å². The first-order valence-corrected chi connectivity index (χ1v) is 14.3. The molecule has 0 radical (unpaired) electrons. The lowest BCUT2D eigenvalue weighted by atomic mass is 9.70. The number of rotatable bonds is 6. The summed E-state index contributed by atoms with van der Waals surface area (Å²) in [6.07, 6.45) is 4.44. The number of nitrogens with zero attached hydrogens (tertiary/aromatic N) is 1. The lowest BCUT2D eigenvalue weighted by Gasteiger charge is -2.38. The van der Waals surface area contributed by atoms with Crippen LogP contribution >= 0.6 is 0 Å². The highest BCUT2D eigenvalue weighted by molar-refractivity contribution is 6.74. The van der Waals surface area contributed by atoms with Crippen LogP contribution in [0.1, 0.15) is 32.8 Å². The Kier molecular flexibility index (Phi) is 5.96. The Morgan fingerprint density at radius 2 is 1.94 bits per heavy atom. The van der Waals surface area contributed by atoms with E-state index in [-0.39, 0.29) is 28.4 Å². The number of methoxy groups -OCH3 is 1. The van der Waals surface area contributed by atoms with E-state index >= 15 is 0 Å². The second kappa shape index (κ2) is 8.14. The number of carbonyl (C=O) groups excluding carboxylic acids is 1. The van der Waals surface area contributed by atoms with Gasteiger partial charge in [0.05, 0.1) is 19.8 Å². The molecule has 1 unspecified atom stereocenters. The molecule has 1 aliphatic carbocycles. The Hall–Kier alpha value is -1.47. The van der Waals surface area contributed by atoms with Crippen molar-refractivity contribution in [3.05, 3.63) is 42.0 Å². The summed E-state index contributed by atoms with van der Waals surface area (Å²) in [4.78, 5) is 14.6. The second-order valence-corrected chi connectivity index (χ2v) is 15.7. The molecule has 170 valence electrons. The van der Waals surface area contributed by atoms with Gasteiger partial charge < -0.3 is 13.9 Å². The second-order valence-electron chi connectivity index (χ2n) is 10.9. The van der Waals surface area contributed by atoms with Crippen molar-refractivity contribution in [3.63, 3.8) is 0 Å². The number of hydrogen-bond donors (Lipinski definition) is 0. The molecule has 6 heteroatoms. The fraction of sp³-hybridized carbons (Fsp3) is 0.640. The highest BCUT2D eigenvalue weighted by Gasteiger charge is 2.60. The van der Waals surface area contributed by atoms with E-state index in [1.807, 2.05) is 12.1 Å². The smallest absolute Gasteiger partial charge is 0.192 e. The van der Waals surface area contributed by atoms with Crippen LogP contribution in [0.4, 0.5) is 0 Å². The van der Waals surface area contributed by atoms with Crippen molar-refractivity contribution in [1.82, 2.24) is 4.90 Å². The third kappa shape index (κ3) is 4.15. The Morgan fingerprint density at radius 3 is 2.58 bits per heavy atom. The van der Waals surface area contributed by atoms with Gasteiger partial charge in [-0.25, -0.2) is 0 Å². The molecule has 0 aromatic heterocycles. The first-order chi connectivity index (χ1) is 14.6. The molecule has 1 aromatic carbocycles. The molecule has 4 rings (SSSR count). The fourth-order valence-corrected chi connectivity index (χ4v) is 6.10. The van der Waals surface area contributed by atoms with Crippen LogP contribution in [0.3, 0.4) is 0 Å².